The van der Waals surface area contributed by atoms with Gasteiger partial charge in [0.05, 0.1) is 20.3 Å². The van der Waals surface area contributed by atoms with E-state index in [0.29, 0.717) is 11.0 Å². The standard InChI is InChI=1S/C21H21BFNO6/c1-13(14-8-10-16(23)11-9-14)24-12-15-6-4-5-7-17(15)22-29-18(20(25)27-2)19(30-22)21(26)28-3/h4-13,18-19H,1-3H3/t13?,18-,19-/m0/s1. The Morgan fingerprint density at radius 2 is 1.60 bits per heavy atom. The summed E-state index contributed by atoms with van der Waals surface area (Å²) in [5.74, 6) is -1.77. The molecule has 0 saturated carbocycles. The van der Waals surface area contributed by atoms with Crippen LogP contribution in [0, 0.1) is 5.82 Å². The first-order valence-corrected chi connectivity index (χ1v) is 9.28. The highest BCUT2D eigenvalue weighted by molar-refractivity contribution is 6.63. The van der Waals surface area contributed by atoms with Gasteiger partial charge in [-0.05, 0) is 35.6 Å². The van der Waals surface area contributed by atoms with Crippen LogP contribution in [0.4, 0.5) is 4.39 Å². The summed E-state index contributed by atoms with van der Waals surface area (Å²) in [7, 11) is 1.41. The van der Waals surface area contributed by atoms with Gasteiger partial charge in [-0.1, -0.05) is 36.4 Å². The molecule has 156 valence electrons. The van der Waals surface area contributed by atoms with Gasteiger partial charge in [0, 0.05) is 6.21 Å². The fraction of sp³-hybridized carbons (Fsp3) is 0.286. The minimum absolute atomic E-state index is 0.213. The predicted octanol–water partition coefficient (Wildman–Crippen LogP) is 1.83. The molecule has 30 heavy (non-hydrogen) atoms. The van der Waals surface area contributed by atoms with Gasteiger partial charge in [-0.2, -0.15) is 0 Å². The molecule has 0 aromatic heterocycles. The average Bonchev–Trinajstić information content (AvgIpc) is 3.22. The van der Waals surface area contributed by atoms with Crippen LogP contribution in [-0.4, -0.2) is 51.7 Å². The number of aliphatic imine (C=N–C) groups is 1. The number of nitrogens with zero attached hydrogens (tertiary/aromatic N) is 1. The third kappa shape index (κ3) is 4.75. The number of ether oxygens (including phenoxy) is 2. The van der Waals surface area contributed by atoms with Gasteiger partial charge in [-0.15, -0.1) is 0 Å². The summed E-state index contributed by atoms with van der Waals surface area (Å²) in [6.45, 7) is 1.88. The topological polar surface area (TPSA) is 83.4 Å². The molecular weight excluding hydrogens is 392 g/mol. The molecule has 1 unspecified atom stereocenters. The van der Waals surface area contributed by atoms with Crippen LogP contribution < -0.4 is 5.46 Å². The molecule has 1 aliphatic rings. The highest BCUT2D eigenvalue weighted by atomic mass is 19.1. The van der Waals surface area contributed by atoms with Crippen LogP contribution in [0.25, 0.3) is 0 Å². The minimum Gasteiger partial charge on any atom is -0.467 e. The van der Waals surface area contributed by atoms with Gasteiger partial charge in [-0.25, -0.2) is 14.0 Å². The second-order valence-electron chi connectivity index (χ2n) is 6.63. The summed E-state index contributed by atoms with van der Waals surface area (Å²) in [4.78, 5) is 28.6. The van der Waals surface area contributed by atoms with Crippen LogP contribution in [0.5, 0.6) is 0 Å². The molecule has 1 saturated heterocycles. The maximum Gasteiger partial charge on any atom is 0.496 e. The van der Waals surface area contributed by atoms with Crippen LogP contribution in [0.2, 0.25) is 0 Å². The van der Waals surface area contributed by atoms with E-state index in [-0.39, 0.29) is 11.9 Å². The molecule has 2 aromatic carbocycles. The lowest BCUT2D eigenvalue weighted by atomic mass is 9.76. The summed E-state index contributed by atoms with van der Waals surface area (Å²) in [6.07, 6.45) is -0.833. The Hall–Kier alpha value is -3.04. The maximum absolute atomic E-state index is 13.1. The van der Waals surface area contributed by atoms with Gasteiger partial charge in [-0.3, -0.25) is 4.99 Å². The fourth-order valence-corrected chi connectivity index (χ4v) is 3.04. The number of methoxy groups -OCH3 is 2. The molecule has 7 nitrogen and oxygen atoms in total. The van der Waals surface area contributed by atoms with E-state index in [2.05, 4.69) is 4.99 Å². The molecular formula is C21H21BFNO6. The molecule has 0 spiro atoms. The van der Waals surface area contributed by atoms with E-state index >= 15 is 0 Å². The summed E-state index contributed by atoms with van der Waals surface area (Å²) in [5, 5.41) is 0. The molecule has 1 aliphatic heterocycles. The highest BCUT2D eigenvalue weighted by Crippen LogP contribution is 2.21. The third-order valence-electron chi connectivity index (χ3n) is 4.72. The number of hydrogen-bond acceptors (Lipinski definition) is 7. The maximum atomic E-state index is 13.1. The molecule has 0 aliphatic carbocycles. The summed E-state index contributed by atoms with van der Waals surface area (Å²) in [6, 6.07) is 13.1. The molecule has 9 heteroatoms. The Bertz CT molecular complexity index is 911. The normalized spacial score (nSPS) is 19.7. The monoisotopic (exact) mass is 413 g/mol. The van der Waals surface area contributed by atoms with E-state index in [0.717, 1.165) is 5.56 Å². The Kier molecular flexibility index (Phi) is 6.97. The molecule has 0 bridgehead atoms. The van der Waals surface area contributed by atoms with Crippen LogP contribution in [-0.2, 0) is 28.4 Å². The first-order valence-electron chi connectivity index (χ1n) is 9.28. The molecule has 2 aromatic rings. The van der Waals surface area contributed by atoms with Crippen LogP contribution in [0.1, 0.15) is 24.1 Å². The molecule has 0 N–H and O–H groups in total. The smallest absolute Gasteiger partial charge is 0.467 e. The molecule has 0 radical (unpaired) electrons. The number of hydrogen-bond donors (Lipinski definition) is 0. The summed E-state index contributed by atoms with van der Waals surface area (Å²) >= 11 is 0. The highest BCUT2D eigenvalue weighted by Gasteiger charge is 2.50. The van der Waals surface area contributed by atoms with Crippen molar-refractivity contribution in [1.82, 2.24) is 0 Å². The van der Waals surface area contributed by atoms with Gasteiger partial charge in [0.2, 0.25) is 0 Å². The fourth-order valence-electron chi connectivity index (χ4n) is 3.04. The van der Waals surface area contributed by atoms with E-state index in [1.807, 2.05) is 19.1 Å². The van der Waals surface area contributed by atoms with Crippen molar-refractivity contribution in [3.05, 3.63) is 65.5 Å². The Morgan fingerprint density at radius 3 is 2.17 bits per heavy atom. The zero-order valence-electron chi connectivity index (χ0n) is 16.8. The summed E-state index contributed by atoms with van der Waals surface area (Å²) < 4.78 is 33.9. The number of rotatable bonds is 6. The number of halogens is 1. The number of carbonyl (C=O) groups excluding carboxylic acids is 2. The number of benzene rings is 2. The minimum atomic E-state index is -1.24. The van der Waals surface area contributed by atoms with Crippen molar-refractivity contribution in [3.63, 3.8) is 0 Å². The van der Waals surface area contributed by atoms with Gasteiger partial charge in [0.1, 0.15) is 5.82 Å². The predicted molar refractivity (Wildman–Crippen MR) is 108 cm³/mol. The van der Waals surface area contributed by atoms with E-state index in [4.69, 9.17) is 18.8 Å². The lowest BCUT2D eigenvalue weighted by molar-refractivity contribution is -0.160. The quantitative estimate of drug-likeness (QED) is 0.408. The van der Waals surface area contributed by atoms with Crippen molar-refractivity contribution in [2.75, 3.05) is 14.2 Å². The number of carbonyl (C=O) groups is 2. The second-order valence-corrected chi connectivity index (χ2v) is 6.63. The molecule has 3 rings (SSSR count). The van der Waals surface area contributed by atoms with E-state index in [1.54, 1.807) is 30.5 Å². The summed E-state index contributed by atoms with van der Waals surface area (Å²) in [5.41, 5.74) is 2.13. The van der Waals surface area contributed by atoms with Crippen LogP contribution in [0.15, 0.2) is 53.5 Å². The SMILES string of the molecule is COC(=O)[C@H]1OB(c2ccccc2C=NC(C)c2ccc(F)cc2)O[C@@H]1C(=O)OC. The van der Waals surface area contributed by atoms with Crippen LogP contribution in [0.3, 0.4) is 0 Å². The van der Waals surface area contributed by atoms with Crippen molar-refractivity contribution in [3.8, 4) is 0 Å². The zero-order chi connectivity index (χ0) is 21.7. The van der Waals surface area contributed by atoms with Gasteiger partial charge in [0.15, 0.2) is 12.2 Å². The van der Waals surface area contributed by atoms with Crippen molar-refractivity contribution in [2.45, 2.75) is 25.2 Å². The Balaban J connectivity index is 1.83. The molecule has 3 atom stereocenters. The molecule has 1 heterocycles. The van der Waals surface area contributed by atoms with E-state index in [9.17, 15) is 14.0 Å². The van der Waals surface area contributed by atoms with Crippen LogP contribution >= 0.6 is 0 Å². The van der Waals surface area contributed by atoms with Crippen molar-refractivity contribution in [1.29, 1.82) is 0 Å². The second kappa shape index (κ2) is 9.64. The molecule has 0 amide bonds. The van der Waals surface area contributed by atoms with Crippen molar-refractivity contribution < 1.29 is 32.8 Å². The van der Waals surface area contributed by atoms with Gasteiger partial charge < -0.3 is 18.8 Å². The third-order valence-corrected chi connectivity index (χ3v) is 4.72. The van der Waals surface area contributed by atoms with Gasteiger partial charge in [0.25, 0.3) is 0 Å². The molecule has 1 fully saturated rings. The zero-order valence-corrected chi connectivity index (χ0v) is 16.8. The average molecular weight is 413 g/mol. The van der Waals surface area contributed by atoms with E-state index < -0.39 is 31.3 Å². The Morgan fingerprint density at radius 1 is 1.03 bits per heavy atom. The first-order chi connectivity index (χ1) is 14.4. The number of esters is 2. The van der Waals surface area contributed by atoms with Crippen molar-refractivity contribution in [2.24, 2.45) is 4.99 Å². The lowest BCUT2D eigenvalue weighted by Gasteiger charge is -2.13. The Labute approximate surface area is 173 Å². The lowest BCUT2D eigenvalue weighted by Crippen LogP contribution is -2.38. The van der Waals surface area contributed by atoms with E-state index in [1.165, 1.54) is 26.4 Å². The largest absolute Gasteiger partial charge is 0.496 e. The van der Waals surface area contributed by atoms with Gasteiger partial charge >= 0.3 is 19.1 Å². The first kappa shape index (κ1) is 21.7. The van der Waals surface area contributed by atoms with Crippen molar-refractivity contribution >= 4 is 30.7 Å².